The van der Waals surface area contributed by atoms with Crippen LogP contribution in [0.4, 0.5) is 0 Å². The summed E-state index contributed by atoms with van der Waals surface area (Å²) < 4.78 is 16.5. The molecule has 0 aromatic carbocycles. The Morgan fingerprint density at radius 1 is 0.368 bits per heavy atom. The first-order valence-electron chi connectivity index (χ1n) is 23.1. The molecule has 0 spiro atoms. The molecule has 0 rings (SSSR count). The molecule has 0 aliphatic heterocycles. The summed E-state index contributed by atoms with van der Waals surface area (Å²) in [7, 11) is 0. The van der Waals surface area contributed by atoms with Crippen LogP contribution in [0.2, 0.25) is 0 Å². The molecular weight excluding hydrogens is 709 g/mol. The molecule has 0 aliphatic rings. The van der Waals surface area contributed by atoms with Crippen LogP contribution in [0, 0.1) is 0 Å². The number of ether oxygens (including phenoxy) is 3. The molecule has 0 aliphatic carbocycles. The highest BCUT2D eigenvalue weighted by Gasteiger charge is 2.19. The molecule has 1 atom stereocenters. The Kier molecular flexibility index (Phi) is 42.6. The number of allylic oxidation sites excluding steroid dienone is 14. The van der Waals surface area contributed by atoms with Crippen LogP contribution in [-0.2, 0) is 28.6 Å². The Bertz CT molecular complexity index is 1140. The second kappa shape index (κ2) is 45.3. The number of hydrogen-bond acceptors (Lipinski definition) is 6. The summed E-state index contributed by atoms with van der Waals surface area (Å²) in [6.45, 7) is 6.35. The molecule has 6 nitrogen and oxygen atoms in total. The van der Waals surface area contributed by atoms with Crippen LogP contribution in [0.25, 0.3) is 0 Å². The Balaban J connectivity index is 4.09. The third-order valence-electron chi connectivity index (χ3n) is 9.41. The highest BCUT2D eigenvalue weighted by molar-refractivity contribution is 5.71. The standard InChI is InChI=1S/C51H84O6/c1-4-7-10-13-16-17-18-19-20-21-22-23-24-25-26-27-28-29-30-31-32-33-34-35-36-39-41-44-50(53)56-47-48(57-51(54)45-42-38-15-12-9-6-3)46-55-49(52)43-40-37-14-11-8-5-2/h7,10,16-17,19-20,22-23,25-26,28-29,31-32,48H,4-6,8-9,11-15,18,21,24,27,30,33-47H2,1-3H3/b10-7-,17-16-,20-19-,23-22-,26-25-,29-28-,32-31-. The zero-order valence-electron chi connectivity index (χ0n) is 36.8. The number of carbonyl (C=O) groups is 3. The average molecular weight is 793 g/mol. The zero-order chi connectivity index (χ0) is 41.5. The average Bonchev–Trinajstić information content (AvgIpc) is 3.21. The highest BCUT2D eigenvalue weighted by Crippen LogP contribution is 2.12. The summed E-state index contributed by atoms with van der Waals surface area (Å²) in [6, 6.07) is 0. The van der Waals surface area contributed by atoms with E-state index in [2.05, 4.69) is 106 Å². The maximum Gasteiger partial charge on any atom is 0.306 e. The van der Waals surface area contributed by atoms with E-state index in [1.165, 1.54) is 38.5 Å². The van der Waals surface area contributed by atoms with E-state index >= 15 is 0 Å². The molecule has 0 bridgehead atoms. The van der Waals surface area contributed by atoms with Crippen molar-refractivity contribution >= 4 is 17.9 Å². The molecule has 0 N–H and O–H groups in total. The van der Waals surface area contributed by atoms with Crippen molar-refractivity contribution < 1.29 is 28.6 Å². The SMILES string of the molecule is CC/C=C\C/C=C\C/C=C\C/C=C\C/C=C\C/C=C\C/C=C\CCCCCCCC(=O)OCC(COC(=O)CCCCCCCC)OC(=O)CCCCCCCC. The summed E-state index contributed by atoms with van der Waals surface area (Å²) in [5.74, 6) is -0.932. The maximum absolute atomic E-state index is 12.5. The fourth-order valence-corrected chi connectivity index (χ4v) is 5.95. The minimum atomic E-state index is -0.775. The van der Waals surface area contributed by atoms with E-state index in [-0.39, 0.29) is 31.1 Å². The van der Waals surface area contributed by atoms with Gasteiger partial charge in [-0.25, -0.2) is 0 Å². The van der Waals surface area contributed by atoms with Crippen molar-refractivity contribution in [2.45, 2.75) is 207 Å². The van der Waals surface area contributed by atoms with Gasteiger partial charge in [-0.1, -0.05) is 189 Å². The third-order valence-corrected chi connectivity index (χ3v) is 9.41. The van der Waals surface area contributed by atoms with Gasteiger partial charge < -0.3 is 14.2 Å². The van der Waals surface area contributed by atoms with Gasteiger partial charge in [0.05, 0.1) is 0 Å². The van der Waals surface area contributed by atoms with Gasteiger partial charge in [-0.2, -0.15) is 0 Å². The van der Waals surface area contributed by atoms with Crippen LogP contribution in [0.3, 0.4) is 0 Å². The van der Waals surface area contributed by atoms with Crippen LogP contribution in [-0.4, -0.2) is 37.2 Å². The van der Waals surface area contributed by atoms with Crippen molar-refractivity contribution in [1.82, 2.24) is 0 Å². The Labute approximate surface area is 350 Å². The fourth-order valence-electron chi connectivity index (χ4n) is 5.95. The van der Waals surface area contributed by atoms with Gasteiger partial charge in [0.15, 0.2) is 6.10 Å². The molecule has 6 heteroatoms. The Morgan fingerprint density at radius 2 is 0.684 bits per heavy atom. The van der Waals surface area contributed by atoms with E-state index in [0.717, 1.165) is 122 Å². The fraction of sp³-hybridized carbons (Fsp3) is 0.667. The lowest BCUT2D eigenvalue weighted by atomic mass is 10.1. The van der Waals surface area contributed by atoms with Gasteiger partial charge in [0.2, 0.25) is 0 Å². The summed E-state index contributed by atoms with van der Waals surface area (Å²) >= 11 is 0. The van der Waals surface area contributed by atoms with Crippen LogP contribution in [0.5, 0.6) is 0 Å². The van der Waals surface area contributed by atoms with Crippen molar-refractivity contribution in [3.8, 4) is 0 Å². The Morgan fingerprint density at radius 3 is 1.07 bits per heavy atom. The van der Waals surface area contributed by atoms with Crippen LogP contribution >= 0.6 is 0 Å². The minimum absolute atomic E-state index is 0.0833. The van der Waals surface area contributed by atoms with Crippen molar-refractivity contribution in [3.05, 3.63) is 85.1 Å². The van der Waals surface area contributed by atoms with Gasteiger partial charge in [-0.3, -0.25) is 14.4 Å². The van der Waals surface area contributed by atoms with Crippen molar-refractivity contribution in [2.75, 3.05) is 13.2 Å². The third kappa shape index (κ3) is 43.6. The molecule has 324 valence electrons. The predicted octanol–water partition coefficient (Wildman–Crippen LogP) is 14.9. The van der Waals surface area contributed by atoms with Gasteiger partial charge in [-0.05, 0) is 77.0 Å². The summed E-state index contributed by atoms with van der Waals surface area (Å²) in [5, 5.41) is 0. The second-order valence-electron chi connectivity index (χ2n) is 14.9. The summed E-state index contributed by atoms with van der Waals surface area (Å²) in [5.41, 5.74) is 0. The van der Waals surface area contributed by atoms with E-state index in [0.29, 0.717) is 19.3 Å². The Hall–Kier alpha value is -3.41. The van der Waals surface area contributed by atoms with Crippen molar-refractivity contribution in [2.24, 2.45) is 0 Å². The quantitative estimate of drug-likeness (QED) is 0.0266. The van der Waals surface area contributed by atoms with E-state index in [4.69, 9.17) is 14.2 Å². The van der Waals surface area contributed by atoms with Crippen LogP contribution < -0.4 is 0 Å². The summed E-state index contributed by atoms with van der Waals surface area (Å²) in [4.78, 5) is 37.3. The molecule has 57 heavy (non-hydrogen) atoms. The molecule has 0 saturated carbocycles. The number of unbranched alkanes of at least 4 members (excludes halogenated alkanes) is 15. The minimum Gasteiger partial charge on any atom is -0.462 e. The maximum atomic E-state index is 12.5. The number of esters is 3. The molecule has 1 unspecified atom stereocenters. The first-order chi connectivity index (χ1) is 28.0. The summed E-state index contributed by atoms with van der Waals surface area (Å²) in [6.07, 6.45) is 57.6. The van der Waals surface area contributed by atoms with E-state index in [9.17, 15) is 14.4 Å². The first-order valence-corrected chi connectivity index (χ1v) is 23.1. The molecule has 0 amide bonds. The smallest absolute Gasteiger partial charge is 0.306 e. The normalized spacial score (nSPS) is 12.8. The zero-order valence-corrected chi connectivity index (χ0v) is 36.8. The van der Waals surface area contributed by atoms with Crippen molar-refractivity contribution in [1.29, 1.82) is 0 Å². The van der Waals surface area contributed by atoms with E-state index < -0.39 is 6.10 Å². The molecular formula is C51H84O6. The van der Waals surface area contributed by atoms with Gasteiger partial charge >= 0.3 is 17.9 Å². The van der Waals surface area contributed by atoms with Gasteiger partial charge in [0.1, 0.15) is 13.2 Å². The predicted molar refractivity (Wildman–Crippen MR) is 242 cm³/mol. The van der Waals surface area contributed by atoms with E-state index in [1.54, 1.807) is 0 Å². The molecule has 0 heterocycles. The molecule has 0 aromatic heterocycles. The number of rotatable bonds is 40. The van der Waals surface area contributed by atoms with Gasteiger partial charge in [0.25, 0.3) is 0 Å². The van der Waals surface area contributed by atoms with Crippen LogP contribution in [0.1, 0.15) is 201 Å². The van der Waals surface area contributed by atoms with Crippen molar-refractivity contribution in [3.63, 3.8) is 0 Å². The molecule has 0 radical (unpaired) electrons. The topological polar surface area (TPSA) is 78.9 Å². The lowest BCUT2D eigenvalue weighted by Crippen LogP contribution is -2.30. The lowest BCUT2D eigenvalue weighted by molar-refractivity contribution is -0.167. The van der Waals surface area contributed by atoms with Crippen LogP contribution in [0.15, 0.2) is 85.1 Å². The highest BCUT2D eigenvalue weighted by atomic mass is 16.6. The number of carbonyl (C=O) groups excluding carboxylic acids is 3. The monoisotopic (exact) mass is 793 g/mol. The lowest BCUT2D eigenvalue weighted by Gasteiger charge is -2.18. The second-order valence-corrected chi connectivity index (χ2v) is 14.9. The van der Waals surface area contributed by atoms with E-state index in [1.807, 2.05) is 0 Å². The molecule has 0 saturated heterocycles. The van der Waals surface area contributed by atoms with Gasteiger partial charge in [-0.15, -0.1) is 0 Å². The first kappa shape index (κ1) is 53.6. The molecule has 0 fully saturated rings. The van der Waals surface area contributed by atoms with Gasteiger partial charge in [0, 0.05) is 19.3 Å². The molecule has 0 aromatic rings. The largest absolute Gasteiger partial charge is 0.462 e. The number of hydrogen-bond donors (Lipinski definition) is 0.